The van der Waals surface area contributed by atoms with Crippen molar-refractivity contribution in [3.63, 3.8) is 0 Å². The number of imidazole rings is 1. The summed E-state index contributed by atoms with van der Waals surface area (Å²) in [7, 11) is 1.93. The van der Waals surface area contributed by atoms with Crippen molar-refractivity contribution < 1.29 is 9.59 Å². The standard InChI is InChI=1S/C28H34ClN5O2/c1-28(12-4-3-5-13-28)26(36)30-18-19-8-10-21(29)22(16-19)31-27-32-23-17-20(9-11-24(23)33(27)2)25(35)34-14-6-7-15-34/h8-11,16-17H,3-7,12-15,18H2,1-2H3,(H,30,36)(H,31,32). The number of aryl methyl sites for hydroxylation is 1. The van der Waals surface area contributed by atoms with Crippen molar-refractivity contribution >= 4 is 46.1 Å². The zero-order valence-corrected chi connectivity index (χ0v) is 21.8. The normalized spacial score (nSPS) is 17.4. The lowest BCUT2D eigenvalue weighted by atomic mass is 9.75. The number of aromatic nitrogens is 2. The van der Waals surface area contributed by atoms with Gasteiger partial charge in [-0.15, -0.1) is 0 Å². The van der Waals surface area contributed by atoms with Gasteiger partial charge in [0.05, 0.1) is 21.7 Å². The first-order valence-electron chi connectivity index (χ1n) is 12.9. The molecule has 0 bridgehead atoms. The highest BCUT2D eigenvalue weighted by Crippen LogP contribution is 2.36. The van der Waals surface area contributed by atoms with Crippen LogP contribution in [0.2, 0.25) is 5.02 Å². The Kier molecular flexibility index (Phi) is 6.93. The molecule has 1 saturated carbocycles. The number of benzene rings is 2. The van der Waals surface area contributed by atoms with Gasteiger partial charge >= 0.3 is 0 Å². The Balaban J connectivity index is 1.31. The molecule has 1 aliphatic heterocycles. The molecule has 7 nitrogen and oxygen atoms in total. The summed E-state index contributed by atoms with van der Waals surface area (Å²) in [6.07, 6.45) is 7.47. The van der Waals surface area contributed by atoms with E-state index in [0.29, 0.717) is 23.1 Å². The van der Waals surface area contributed by atoms with Crippen LogP contribution in [0.25, 0.3) is 11.0 Å². The molecule has 0 radical (unpaired) electrons. The summed E-state index contributed by atoms with van der Waals surface area (Å²) in [5.41, 5.74) is 3.76. The van der Waals surface area contributed by atoms with Gasteiger partial charge in [0.1, 0.15) is 0 Å². The summed E-state index contributed by atoms with van der Waals surface area (Å²) in [6.45, 7) is 4.16. The first-order valence-corrected chi connectivity index (χ1v) is 13.3. The highest BCUT2D eigenvalue weighted by atomic mass is 35.5. The van der Waals surface area contributed by atoms with Crippen molar-refractivity contribution in [2.45, 2.75) is 58.4 Å². The van der Waals surface area contributed by atoms with Crippen molar-refractivity contribution in [2.24, 2.45) is 12.5 Å². The average molecular weight is 508 g/mol. The summed E-state index contributed by atoms with van der Waals surface area (Å²) in [5.74, 6) is 0.823. The second kappa shape index (κ2) is 10.1. The first kappa shape index (κ1) is 24.6. The molecule has 1 aromatic heterocycles. The third kappa shape index (κ3) is 4.94. The number of nitrogens with one attached hydrogen (secondary N) is 2. The summed E-state index contributed by atoms with van der Waals surface area (Å²) < 4.78 is 1.95. The zero-order valence-electron chi connectivity index (χ0n) is 21.1. The molecule has 5 rings (SSSR count). The van der Waals surface area contributed by atoms with Crippen molar-refractivity contribution in [3.8, 4) is 0 Å². The van der Waals surface area contributed by atoms with Crippen molar-refractivity contribution in [1.82, 2.24) is 19.8 Å². The van der Waals surface area contributed by atoms with E-state index in [1.165, 1.54) is 6.42 Å². The third-order valence-electron chi connectivity index (χ3n) is 7.76. The number of likely N-dealkylation sites (tertiary alicyclic amines) is 1. The number of amides is 2. The van der Waals surface area contributed by atoms with E-state index in [0.717, 1.165) is 73.9 Å². The molecule has 36 heavy (non-hydrogen) atoms. The number of nitrogens with zero attached hydrogens (tertiary/aromatic N) is 3. The maximum atomic E-state index is 12.8. The van der Waals surface area contributed by atoms with Gasteiger partial charge in [0.25, 0.3) is 5.91 Å². The van der Waals surface area contributed by atoms with E-state index in [2.05, 4.69) is 17.6 Å². The minimum Gasteiger partial charge on any atom is -0.352 e. The smallest absolute Gasteiger partial charge is 0.253 e. The van der Waals surface area contributed by atoms with Crippen LogP contribution in [-0.2, 0) is 18.4 Å². The molecule has 2 amide bonds. The molecule has 1 aliphatic carbocycles. The highest BCUT2D eigenvalue weighted by molar-refractivity contribution is 6.33. The van der Waals surface area contributed by atoms with Gasteiger partial charge in [0, 0.05) is 37.7 Å². The van der Waals surface area contributed by atoms with Crippen LogP contribution >= 0.6 is 11.6 Å². The number of carbonyl (C=O) groups excluding carboxylic acids is 2. The second-order valence-electron chi connectivity index (χ2n) is 10.4. The monoisotopic (exact) mass is 507 g/mol. The van der Waals surface area contributed by atoms with E-state index < -0.39 is 0 Å². The maximum absolute atomic E-state index is 12.8. The topological polar surface area (TPSA) is 79.3 Å². The van der Waals surface area contributed by atoms with Crippen molar-refractivity contribution in [3.05, 3.63) is 52.5 Å². The Labute approximate surface area is 217 Å². The maximum Gasteiger partial charge on any atom is 0.253 e. The van der Waals surface area contributed by atoms with Gasteiger partial charge < -0.3 is 20.1 Å². The SMILES string of the molecule is Cn1c(Nc2cc(CNC(=O)C3(C)CCCCC3)ccc2Cl)nc2cc(C(=O)N3CCCC3)ccc21. The average Bonchev–Trinajstić information content (AvgIpc) is 3.53. The van der Waals surface area contributed by atoms with Crippen LogP contribution in [0.15, 0.2) is 36.4 Å². The van der Waals surface area contributed by atoms with Crippen molar-refractivity contribution in [1.29, 1.82) is 0 Å². The minimum atomic E-state index is -0.270. The van der Waals surface area contributed by atoms with Crippen LogP contribution < -0.4 is 10.6 Å². The van der Waals surface area contributed by atoms with Crippen LogP contribution in [0.1, 0.15) is 67.8 Å². The van der Waals surface area contributed by atoms with Gasteiger partial charge in [-0.25, -0.2) is 4.98 Å². The van der Waals surface area contributed by atoms with Gasteiger partial charge in [-0.3, -0.25) is 9.59 Å². The molecule has 2 N–H and O–H groups in total. The van der Waals surface area contributed by atoms with Crippen LogP contribution in [0.3, 0.4) is 0 Å². The van der Waals surface area contributed by atoms with E-state index >= 15 is 0 Å². The Morgan fingerprint density at radius 2 is 1.78 bits per heavy atom. The zero-order chi connectivity index (χ0) is 25.3. The molecule has 2 aliphatic rings. The largest absolute Gasteiger partial charge is 0.352 e. The van der Waals surface area contributed by atoms with E-state index in [1.54, 1.807) is 0 Å². The number of hydrogen-bond donors (Lipinski definition) is 2. The highest BCUT2D eigenvalue weighted by Gasteiger charge is 2.34. The Morgan fingerprint density at radius 1 is 1.03 bits per heavy atom. The molecule has 0 atom stereocenters. The van der Waals surface area contributed by atoms with Crippen LogP contribution in [0.5, 0.6) is 0 Å². The first-order chi connectivity index (χ1) is 17.3. The molecule has 2 aromatic carbocycles. The summed E-state index contributed by atoms with van der Waals surface area (Å²) in [4.78, 5) is 32.3. The molecule has 3 aromatic rings. The van der Waals surface area contributed by atoms with Gasteiger partial charge in [-0.05, 0) is 61.6 Å². The molecule has 2 fully saturated rings. The lowest BCUT2D eigenvalue weighted by molar-refractivity contribution is -0.132. The number of anilines is 2. The number of halogens is 1. The van der Waals surface area contributed by atoms with Gasteiger partial charge in [-0.1, -0.05) is 43.9 Å². The van der Waals surface area contributed by atoms with E-state index in [1.807, 2.05) is 52.9 Å². The van der Waals surface area contributed by atoms with Crippen LogP contribution in [-0.4, -0.2) is 39.4 Å². The lowest BCUT2D eigenvalue weighted by Gasteiger charge is -2.32. The fourth-order valence-corrected chi connectivity index (χ4v) is 5.57. The molecule has 0 spiro atoms. The van der Waals surface area contributed by atoms with E-state index in [-0.39, 0.29) is 17.2 Å². The van der Waals surface area contributed by atoms with Gasteiger partial charge in [-0.2, -0.15) is 0 Å². The molecule has 1 saturated heterocycles. The molecule has 190 valence electrons. The number of carbonyl (C=O) groups is 2. The minimum absolute atomic E-state index is 0.0643. The molecule has 2 heterocycles. The molecular formula is C28H34ClN5O2. The van der Waals surface area contributed by atoms with E-state index in [9.17, 15) is 9.59 Å². The number of rotatable bonds is 6. The van der Waals surface area contributed by atoms with Crippen molar-refractivity contribution in [2.75, 3.05) is 18.4 Å². The van der Waals surface area contributed by atoms with Crippen LogP contribution in [0, 0.1) is 5.41 Å². The predicted octanol–water partition coefficient (Wildman–Crippen LogP) is 5.79. The predicted molar refractivity (Wildman–Crippen MR) is 144 cm³/mol. The molecular weight excluding hydrogens is 474 g/mol. The fraction of sp³-hybridized carbons (Fsp3) is 0.464. The summed E-state index contributed by atoms with van der Waals surface area (Å²) in [5, 5.41) is 7.04. The number of hydrogen-bond acceptors (Lipinski definition) is 4. The lowest BCUT2D eigenvalue weighted by Crippen LogP contribution is -2.39. The van der Waals surface area contributed by atoms with Gasteiger partial charge in [0.15, 0.2) is 0 Å². The van der Waals surface area contributed by atoms with Gasteiger partial charge in [0.2, 0.25) is 11.9 Å². The second-order valence-corrected chi connectivity index (χ2v) is 10.8. The summed E-state index contributed by atoms with van der Waals surface area (Å²) in [6, 6.07) is 11.4. The number of fused-ring (bicyclic) bond motifs is 1. The quantitative estimate of drug-likeness (QED) is 0.442. The summed E-state index contributed by atoms with van der Waals surface area (Å²) >= 11 is 6.51. The van der Waals surface area contributed by atoms with E-state index in [4.69, 9.17) is 16.6 Å². The van der Waals surface area contributed by atoms with Crippen LogP contribution in [0.4, 0.5) is 11.6 Å². The Morgan fingerprint density at radius 3 is 2.53 bits per heavy atom. The fourth-order valence-electron chi connectivity index (χ4n) is 5.40. The molecule has 0 unspecified atom stereocenters. The third-order valence-corrected chi connectivity index (χ3v) is 8.09. The molecule has 8 heteroatoms. The Hall–Kier alpha value is -3.06. The Bertz CT molecular complexity index is 1290.